The maximum absolute atomic E-state index is 13.2. The SMILES string of the molecule is O=C(O)c1ccccc1-c1cc2c3ccc(F)cc3on2n1. The molecule has 0 atom stereocenters. The van der Waals surface area contributed by atoms with E-state index >= 15 is 0 Å². The van der Waals surface area contributed by atoms with Gasteiger partial charge in [0.05, 0.1) is 11.3 Å². The van der Waals surface area contributed by atoms with Crippen LogP contribution < -0.4 is 0 Å². The van der Waals surface area contributed by atoms with Gasteiger partial charge in [-0.25, -0.2) is 9.18 Å². The van der Waals surface area contributed by atoms with E-state index in [1.54, 1.807) is 30.3 Å². The van der Waals surface area contributed by atoms with Crippen LogP contribution in [0, 0.1) is 5.82 Å². The molecule has 0 amide bonds. The van der Waals surface area contributed by atoms with Crippen molar-refractivity contribution in [2.45, 2.75) is 0 Å². The molecule has 22 heavy (non-hydrogen) atoms. The van der Waals surface area contributed by atoms with Gasteiger partial charge in [0.2, 0.25) is 0 Å². The van der Waals surface area contributed by atoms with Crippen molar-refractivity contribution in [3.63, 3.8) is 0 Å². The Morgan fingerprint density at radius 1 is 1.18 bits per heavy atom. The van der Waals surface area contributed by atoms with Gasteiger partial charge in [-0.1, -0.05) is 22.9 Å². The Kier molecular flexibility index (Phi) is 2.53. The van der Waals surface area contributed by atoms with Crippen LogP contribution in [-0.2, 0) is 0 Å². The van der Waals surface area contributed by atoms with Gasteiger partial charge < -0.3 is 9.63 Å². The molecule has 4 aromatic rings. The summed E-state index contributed by atoms with van der Waals surface area (Å²) < 4.78 is 19.9. The van der Waals surface area contributed by atoms with Gasteiger partial charge in [0.1, 0.15) is 11.3 Å². The summed E-state index contributed by atoms with van der Waals surface area (Å²) in [6.45, 7) is 0. The molecule has 0 aliphatic rings. The Morgan fingerprint density at radius 2 is 2.00 bits per heavy atom. The predicted octanol–water partition coefficient (Wildman–Crippen LogP) is 3.58. The highest BCUT2D eigenvalue weighted by atomic mass is 19.1. The third-order valence-corrected chi connectivity index (χ3v) is 3.52. The summed E-state index contributed by atoms with van der Waals surface area (Å²) in [6.07, 6.45) is 0. The third kappa shape index (κ3) is 1.77. The van der Waals surface area contributed by atoms with Gasteiger partial charge in [-0.15, -0.1) is 5.10 Å². The third-order valence-electron chi connectivity index (χ3n) is 3.52. The van der Waals surface area contributed by atoms with E-state index in [-0.39, 0.29) is 11.4 Å². The summed E-state index contributed by atoms with van der Waals surface area (Å²) in [6, 6.07) is 12.6. The minimum atomic E-state index is -1.02. The zero-order chi connectivity index (χ0) is 15.3. The van der Waals surface area contributed by atoms with E-state index in [2.05, 4.69) is 5.10 Å². The lowest BCUT2D eigenvalue weighted by molar-refractivity contribution is 0.0697. The number of hydrogen-bond donors (Lipinski definition) is 1. The smallest absolute Gasteiger partial charge is 0.336 e. The average Bonchev–Trinajstić information content (AvgIpc) is 3.04. The van der Waals surface area contributed by atoms with Gasteiger partial charge in [0.15, 0.2) is 5.58 Å². The van der Waals surface area contributed by atoms with E-state index in [1.165, 1.54) is 22.9 Å². The van der Waals surface area contributed by atoms with Crippen molar-refractivity contribution in [2.24, 2.45) is 0 Å². The number of carboxylic acids is 1. The van der Waals surface area contributed by atoms with E-state index in [1.807, 2.05) is 0 Å². The second-order valence-corrected chi connectivity index (χ2v) is 4.87. The summed E-state index contributed by atoms with van der Waals surface area (Å²) in [4.78, 5) is 11.3. The monoisotopic (exact) mass is 296 g/mol. The minimum Gasteiger partial charge on any atom is -0.478 e. The summed E-state index contributed by atoms with van der Waals surface area (Å²) in [7, 11) is 0. The topological polar surface area (TPSA) is 67.7 Å². The highest BCUT2D eigenvalue weighted by molar-refractivity contribution is 5.98. The van der Waals surface area contributed by atoms with Crippen molar-refractivity contribution < 1.29 is 18.8 Å². The number of fused-ring (bicyclic) bond motifs is 3. The zero-order valence-electron chi connectivity index (χ0n) is 11.2. The molecule has 6 heteroatoms. The van der Waals surface area contributed by atoms with Gasteiger partial charge in [0, 0.05) is 17.0 Å². The molecule has 108 valence electrons. The van der Waals surface area contributed by atoms with Crippen LogP contribution in [0.1, 0.15) is 10.4 Å². The normalized spacial score (nSPS) is 11.3. The van der Waals surface area contributed by atoms with Crippen LogP contribution in [0.2, 0.25) is 0 Å². The van der Waals surface area contributed by atoms with Crippen LogP contribution in [0.5, 0.6) is 0 Å². The van der Waals surface area contributed by atoms with Crippen LogP contribution in [0.25, 0.3) is 27.7 Å². The lowest BCUT2D eigenvalue weighted by Gasteiger charge is -2.01. The van der Waals surface area contributed by atoms with Crippen LogP contribution in [0.3, 0.4) is 0 Å². The highest BCUT2D eigenvalue weighted by Crippen LogP contribution is 2.29. The lowest BCUT2D eigenvalue weighted by atomic mass is 10.0. The molecule has 2 aromatic carbocycles. The number of aromatic nitrogens is 2. The Labute approximate surface area is 123 Å². The van der Waals surface area contributed by atoms with Gasteiger partial charge in [-0.2, -0.15) is 0 Å². The average molecular weight is 296 g/mol. The minimum absolute atomic E-state index is 0.165. The number of hydrogen-bond acceptors (Lipinski definition) is 3. The zero-order valence-corrected chi connectivity index (χ0v) is 11.2. The Hall–Kier alpha value is -3.15. The fraction of sp³-hybridized carbons (Fsp3) is 0. The predicted molar refractivity (Wildman–Crippen MR) is 77.3 cm³/mol. The van der Waals surface area contributed by atoms with Crippen LogP contribution in [0.15, 0.2) is 53.1 Å². The van der Waals surface area contributed by atoms with E-state index in [4.69, 9.17) is 4.52 Å². The van der Waals surface area contributed by atoms with Gasteiger partial charge in [-0.05, 0) is 24.3 Å². The molecule has 2 heterocycles. The Balaban J connectivity index is 1.96. The fourth-order valence-electron chi connectivity index (χ4n) is 2.52. The molecule has 2 aromatic heterocycles. The maximum Gasteiger partial charge on any atom is 0.336 e. The van der Waals surface area contributed by atoms with Gasteiger partial charge >= 0.3 is 5.97 Å². The van der Waals surface area contributed by atoms with E-state index < -0.39 is 5.97 Å². The molecule has 0 fully saturated rings. The maximum atomic E-state index is 13.2. The molecule has 1 N–H and O–H groups in total. The van der Waals surface area contributed by atoms with Crippen molar-refractivity contribution in [2.75, 3.05) is 0 Å². The molecule has 0 saturated heterocycles. The van der Waals surface area contributed by atoms with Crippen molar-refractivity contribution in [3.05, 3.63) is 59.9 Å². The quantitative estimate of drug-likeness (QED) is 0.614. The number of halogens is 1. The molecule has 0 unspecified atom stereocenters. The molecule has 0 saturated carbocycles. The van der Waals surface area contributed by atoms with E-state index in [0.717, 1.165) is 0 Å². The highest BCUT2D eigenvalue weighted by Gasteiger charge is 2.16. The number of rotatable bonds is 2. The molecule has 5 nitrogen and oxygen atoms in total. The van der Waals surface area contributed by atoms with Crippen LogP contribution in [0.4, 0.5) is 4.39 Å². The summed E-state index contributed by atoms with van der Waals surface area (Å²) in [5.74, 6) is -1.41. The van der Waals surface area contributed by atoms with Crippen LogP contribution in [-0.4, -0.2) is 20.9 Å². The second kappa shape index (κ2) is 4.42. The summed E-state index contributed by atoms with van der Waals surface area (Å²) in [5, 5.41) is 14.2. The van der Waals surface area contributed by atoms with Crippen molar-refractivity contribution >= 4 is 22.5 Å². The standard InChI is InChI=1S/C16H9FN2O3/c17-9-5-6-12-14-8-13(18-19(14)22-15(12)7-9)10-3-1-2-4-11(10)16(20)21/h1-8H,(H,20,21). The van der Waals surface area contributed by atoms with E-state index in [0.29, 0.717) is 27.7 Å². The Bertz CT molecular complexity index is 1030. The van der Waals surface area contributed by atoms with Crippen molar-refractivity contribution in [1.82, 2.24) is 9.79 Å². The first-order valence-corrected chi connectivity index (χ1v) is 6.54. The lowest BCUT2D eigenvalue weighted by Crippen LogP contribution is -1.99. The number of nitrogens with zero attached hydrogens (tertiary/aromatic N) is 2. The first kappa shape index (κ1) is 12.6. The Morgan fingerprint density at radius 3 is 2.82 bits per heavy atom. The number of carbonyl (C=O) groups is 1. The number of benzene rings is 2. The van der Waals surface area contributed by atoms with E-state index in [9.17, 15) is 14.3 Å². The van der Waals surface area contributed by atoms with Crippen molar-refractivity contribution in [3.8, 4) is 11.3 Å². The molecule has 0 radical (unpaired) electrons. The van der Waals surface area contributed by atoms with Crippen LogP contribution >= 0.6 is 0 Å². The van der Waals surface area contributed by atoms with Gasteiger partial charge in [-0.3, -0.25) is 0 Å². The summed E-state index contributed by atoms with van der Waals surface area (Å²) >= 11 is 0. The number of carboxylic acid groups (broad SMARTS) is 1. The first-order chi connectivity index (χ1) is 10.6. The van der Waals surface area contributed by atoms with Gasteiger partial charge in [0.25, 0.3) is 0 Å². The van der Waals surface area contributed by atoms with Crippen molar-refractivity contribution in [1.29, 1.82) is 0 Å². The molecule has 4 rings (SSSR count). The summed E-state index contributed by atoms with van der Waals surface area (Å²) in [5.41, 5.74) is 2.21. The molecule has 0 spiro atoms. The molecule has 0 aliphatic carbocycles. The number of aromatic carboxylic acids is 1. The fourth-order valence-corrected chi connectivity index (χ4v) is 2.52. The molecular formula is C16H9FN2O3. The molecular weight excluding hydrogens is 287 g/mol. The molecule has 0 aliphatic heterocycles. The second-order valence-electron chi connectivity index (χ2n) is 4.87. The largest absolute Gasteiger partial charge is 0.478 e. The first-order valence-electron chi connectivity index (χ1n) is 6.54. The molecule has 0 bridgehead atoms.